The van der Waals surface area contributed by atoms with Crippen molar-refractivity contribution >= 4 is 75.1 Å². The lowest BCUT2D eigenvalue weighted by Crippen LogP contribution is -2.60. The smallest absolute Gasteiger partial charge is 0.258 e. The molecule has 1 saturated carbocycles. The van der Waals surface area contributed by atoms with Crippen LogP contribution in [0.3, 0.4) is 0 Å². The highest BCUT2D eigenvalue weighted by Gasteiger charge is 2.76. The van der Waals surface area contributed by atoms with E-state index in [1.165, 1.54) is 30.2 Å². The van der Waals surface area contributed by atoms with E-state index < -0.39 is 51.1 Å². The number of methoxy groups -OCH3 is 1. The largest absolute Gasteiger partial charge is 0.504 e. The zero-order chi connectivity index (χ0) is 29.6. The molecule has 12 heteroatoms. The van der Waals surface area contributed by atoms with E-state index in [0.29, 0.717) is 14.7 Å². The second-order valence-corrected chi connectivity index (χ2v) is 13.1. The van der Waals surface area contributed by atoms with Gasteiger partial charge in [-0.2, -0.15) is 0 Å². The third kappa shape index (κ3) is 3.69. The number of halogens is 4. The zero-order valence-electron chi connectivity index (χ0n) is 21.9. The number of nitrogens with zero attached hydrogens (tertiary/aromatic N) is 2. The van der Waals surface area contributed by atoms with Gasteiger partial charge in [-0.05, 0) is 90.2 Å². The van der Waals surface area contributed by atoms with Gasteiger partial charge >= 0.3 is 0 Å². The maximum Gasteiger partial charge on any atom is 0.258 e. The van der Waals surface area contributed by atoms with Crippen molar-refractivity contribution in [2.45, 2.75) is 35.4 Å². The van der Waals surface area contributed by atoms with Gasteiger partial charge in [0.2, 0.25) is 11.8 Å². The van der Waals surface area contributed by atoms with Crippen LogP contribution < -0.4 is 9.64 Å². The molecular weight excluding hydrogens is 689 g/mol. The highest BCUT2D eigenvalue weighted by molar-refractivity contribution is 14.1. The average Bonchev–Trinajstić information content (AvgIpc) is 3.28. The molecule has 214 valence electrons. The Morgan fingerprint density at radius 3 is 2.39 bits per heavy atom. The Labute approximate surface area is 258 Å². The summed E-state index contributed by atoms with van der Waals surface area (Å²) in [5.41, 5.74) is 1.18. The third-order valence-corrected chi connectivity index (χ3v) is 11.1. The van der Waals surface area contributed by atoms with Gasteiger partial charge in [-0.15, -0.1) is 23.2 Å². The van der Waals surface area contributed by atoms with Crippen LogP contribution in [0.1, 0.15) is 31.2 Å². The fourth-order valence-corrected chi connectivity index (χ4v) is 8.63. The molecule has 6 rings (SSSR count). The molecule has 2 aliphatic heterocycles. The van der Waals surface area contributed by atoms with Gasteiger partial charge in [0.05, 0.1) is 28.2 Å². The van der Waals surface area contributed by atoms with Crippen LogP contribution in [0.25, 0.3) is 0 Å². The molecule has 0 spiro atoms. The molecule has 4 aliphatic rings. The predicted molar refractivity (Wildman–Crippen MR) is 156 cm³/mol. The molecule has 0 unspecified atom stereocenters. The number of anilines is 1. The number of amides is 4. The fourth-order valence-electron chi connectivity index (χ4n) is 7.07. The molecule has 2 heterocycles. The zero-order valence-corrected chi connectivity index (χ0v) is 25.5. The van der Waals surface area contributed by atoms with Gasteiger partial charge in [0.25, 0.3) is 11.8 Å². The van der Waals surface area contributed by atoms with Crippen LogP contribution in [-0.2, 0) is 19.2 Å². The van der Waals surface area contributed by atoms with Crippen LogP contribution in [0.15, 0.2) is 48.0 Å². The number of benzene rings is 2. The first kappa shape index (κ1) is 28.4. The van der Waals surface area contributed by atoms with Crippen molar-refractivity contribution in [1.29, 1.82) is 0 Å². The molecule has 41 heavy (non-hydrogen) atoms. The standard InChI is InChI=1S/C29H24Cl2FIN2O6/c1-3-34-24(37)17-9-8-16-18(21(17)25(34)38)12-28(30)26(39)35(15-6-4-14(32)5-7-15)27(40)29(28,31)22(16)13-10-19(33)23(36)20(11-13)41-2/h4-8,10-11,17-18,21-22,36H,3,9,12H2,1-2H3/t17-,18+,21-,22-,28+,29-/m0/s1. The number of alkyl halides is 2. The minimum absolute atomic E-state index is 0.103. The summed E-state index contributed by atoms with van der Waals surface area (Å²) >= 11 is 16.6. The second kappa shape index (κ2) is 9.67. The van der Waals surface area contributed by atoms with Crippen LogP contribution in [0, 0.1) is 27.1 Å². The summed E-state index contributed by atoms with van der Waals surface area (Å²) in [5.74, 6) is -5.82. The molecule has 2 saturated heterocycles. The Hall–Kier alpha value is -2.70. The first-order valence-corrected chi connectivity index (χ1v) is 14.9. The molecule has 3 fully saturated rings. The number of phenols is 1. The summed E-state index contributed by atoms with van der Waals surface area (Å²) < 4.78 is 19.5. The van der Waals surface area contributed by atoms with Gasteiger partial charge in [-0.1, -0.05) is 11.6 Å². The number of imide groups is 2. The van der Waals surface area contributed by atoms with E-state index in [4.69, 9.17) is 27.9 Å². The molecule has 1 N–H and O–H groups in total. The highest BCUT2D eigenvalue weighted by Crippen LogP contribution is 2.66. The van der Waals surface area contributed by atoms with Crippen molar-refractivity contribution < 1.29 is 33.4 Å². The topological polar surface area (TPSA) is 104 Å². The van der Waals surface area contributed by atoms with Crippen LogP contribution in [0.5, 0.6) is 11.5 Å². The van der Waals surface area contributed by atoms with Crippen molar-refractivity contribution in [3.8, 4) is 11.5 Å². The SMILES string of the molecule is CCN1C(=O)[C@H]2[C@H](CC=C3[C@H]2C[C@@]2(Cl)C(=O)N(c4ccc(F)cc4)C(=O)[C@@]2(Cl)[C@H]3c2cc(I)c(O)c(OC)c2)C1=O. The normalized spacial score (nSPS) is 32.6. The predicted octanol–water partition coefficient (Wildman–Crippen LogP) is 4.73. The molecular formula is C29H24Cl2FIN2O6. The van der Waals surface area contributed by atoms with Crippen molar-refractivity contribution in [2.75, 3.05) is 18.6 Å². The number of rotatable bonds is 4. The summed E-state index contributed by atoms with van der Waals surface area (Å²) in [7, 11) is 1.38. The monoisotopic (exact) mass is 712 g/mol. The lowest BCUT2D eigenvalue weighted by atomic mass is 9.56. The number of likely N-dealkylation sites (tertiary alicyclic amines) is 1. The number of carbonyl (C=O) groups is 4. The Bertz CT molecular complexity index is 1570. The summed E-state index contributed by atoms with van der Waals surface area (Å²) in [6.07, 6.45) is 1.94. The number of ether oxygens (including phenoxy) is 1. The van der Waals surface area contributed by atoms with E-state index in [-0.39, 0.29) is 48.4 Å². The average molecular weight is 713 g/mol. The first-order chi connectivity index (χ1) is 19.4. The Morgan fingerprint density at radius 1 is 1.07 bits per heavy atom. The summed E-state index contributed by atoms with van der Waals surface area (Å²) in [6.45, 7) is 1.94. The minimum Gasteiger partial charge on any atom is -0.504 e. The molecule has 0 radical (unpaired) electrons. The highest BCUT2D eigenvalue weighted by atomic mass is 127. The van der Waals surface area contributed by atoms with Gasteiger partial charge in [0.1, 0.15) is 5.82 Å². The maximum absolute atomic E-state index is 14.3. The van der Waals surface area contributed by atoms with E-state index in [2.05, 4.69) is 0 Å². The second-order valence-electron chi connectivity index (χ2n) is 10.7. The molecule has 2 aromatic rings. The number of allylic oxidation sites excluding steroid dienone is 2. The Morgan fingerprint density at radius 2 is 1.76 bits per heavy atom. The Balaban J connectivity index is 1.59. The number of carbonyl (C=O) groups excluding carboxylic acids is 4. The first-order valence-electron chi connectivity index (χ1n) is 13.0. The lowest BCUT2D eigenvalue weighted by molar-refractivity contribution is -0.140. The van der Waals surface area contributed by atoms with Crippen molar-refractivity contribution in [1.82, 2.24) is 4.90 Å². The van der Waals surface area contributed by atoms with Gasteiger partial charge in [-0.3, -0.25) is 24.1 Å². The van der Waals surface area contributed by atoms with E-state index >= 15 is 0 Å². The number of fused-ring (bicyclic) bond motifs is 4. The van der Waals surface area contributed by atoms with E-state index in [1.807, 2.05) is 28.7 Å². The van der Waals surface area contributed by atoms with Crippen molar-refractivity contribution in [2.24, 2.45) is 17.8 Å². The third-order valence-electron chi connectivity index (χ3n) is 8.91. The number of aromatic hydroxyl groups is 1. The van der Waals surface area contributed by atoms with Crippen LogP contribution in [0.2, 0.25) is 0 Å². The summed E-state index contributed by atoms with van der Waals surface area (Å²) in [6, 6.07) is 8.02. The molecule has 2 aromatic carbocycles. The quantitative estimate of drug-likeness (QED) is 0.213. The van der Waals surface area contributed by atoms with Crippen LogP contribution in [-0.4, -0.2) is 57.0 Å². The molecule has 8 nitrogen and oxygen atoms in total. The number of hydrogen-bond donors (Lipinski definition) is 1. The minimum atomic E-state index is -2.06. The van der Waals surface area contributed by atoms with E-state index in [9.17, 15) is 28.7 Å². The number of phenolic OH excluding ortho intramolecular Hbond substituents is 1. The molecule has 0 aromatic heterocycles. The van der Waals surface area contributed by atoms with Gasteiger partial charge in [0.15, 0.2) is 21.2 Å². The lowest BCUT2D eigenvalue weighted by Gasteiger charge is -2.50. The van der Waals surface area contributed by atoms with Crippen LogP contribution >= 0.6 is 45.8 Å². The molecule has 0 bridgehead atoms. The van der Waals surface area contributed by atoms with Crippen LogP contribution in [0.4, 0.5) is 10.1 Å². The summed E-state index contributed by atoms with van der Waals surface area (Å²) in [5, 5.41) is 10.6. The Kier molecular flexibility index (Phi) is 6.70. The van der Waals surface area contributed by atoms with Gasteiger partial charge in [0, 0.05) is 12.5 Å². The fraction of sp³-hybridized carbons (Fsp3) is 0.379. The van der Waals surface area contributed by atoms with E-state index in [0.717, 1.165) is 17.0 Å². The molecule has 2 aliphatic carbocycles. The maximum atomic E-state index is 14.3. The summed E-state index contributed by atoms with van der Waals surface area (Å²) in [4.78, 5) is 53.2. The molecule has 6 atom stereocenters. The van der Waals surface area contributed by atoms with Crippen molar-refractivity contribution in [3.63, 3.8) is 0 Å². The van der Waals surface area contributed by atoms with Crippen molar-refractivity contribution in [3.05, 3.63) is 63.0 Å². The van der Waals surface area contributed by atoms with Gasteiger partial charge < -0.3 is 9.84 Å². The van der Waals surface area contributed by atoms with Gasteiger partial charge in [-0.25, -0.2) is 9.29 Å². The molecule has 4 amide bonds. The number of hydrogen-bond acceptors (Lipinski definition) is 6. The van der Waals surface area contributed by atoms with E-state index in [1.54, 1.807) is 13.0 Å².